The molecule has 0 radical (unpaired) electrons. The fourth-order valence-electron chi connectivity index (χ4n) is 4.10. The van der Waals surface area contributed by atoms with E-state index in [-0.39, 0.29) is 12.2 Å². The zero-order chi connectivity index (χ0) is 18.2. The molecule has 0 saturated carbocycles. The lowest BCUT2D eigenvalue weighted by atomic mass is 10.0. The van der Waals surface area contributed by atoms with Gasteiger partial charge >= 0.3 is 6.03 Å². The summed E-state index contributed by atoms with van der Waals surface area (Å²) in [6, 6.07) is 29.0. The van der Waals surface area contributed by atoms with Crippen molar-refractivity contribution < 1.29 is 4.79 Å². The van der Waals surface area contributed by atoms with Crippen molar-refractivity contribution in [2.24, 2.45) is 0 Å². The maximum atomic E-state index is 13.1. The van der Waals surface area contributed by atoms with Gasteiger partial charge in [-0.25, -0.2) is 4.79 Å². The minimum absolute atomic E-state index is 0.0637. The van der Waals surface area contributed by atoms with E-state index in [1.165, 1.54) is 5.56 Å². The van der Waals surface area contributed by atoms with Gasteiger partial charge in [-0.3, -0.25) is 9.91 Å². The van der Waals surface area contributed by atoms with Crippen molar-refractivity contribution in [3.8, 4) is 11.1 Å². The van der Waals surface area contributed by atoms with Crippen LogP contribution >= 0.6 is 0 Å². The van der Waals surface area contributed by atoms with Gasteiger partial charge < -0.3 is 0 Å². The molecule has 3 aromatic carbocycles. The number of nitrogens with zero attached hydrogens (tertiary/aromatic N) is 3. The van der Waals surface area contributed by atoms with Crippen LogP contribution < -0.4 is 4.90 Å². The van der Waals surface area contributed by atoms with Gasteiger partial charge in [0.25, 0.3) is 0 Å². The van der Waals surface area contributed by atoms with Gasteiger partial charge in [0.15, 0.2) is 0 Å². The minimum atomic E-state index is -0.0798. The molecule has 1 atom stereocenters. The average molecular weight is 355 g/mol. The number of amides is 2. The first-order chi connectivity index (χ1) is 13.3. The first-order valence-electron chi connectivity index (χ1n) is 9.41. The topological polar surface area (TPSA) is 26.8 Å². The van der Waals surface area contributed by atoms with Crippen molar-refractivity contribution in [2.75, 3.05) is 18.0 Å². The van der Waals surface area contributed by atoms with Crippen LogP contribution in [-0.2, 0) is 0 Å². The van der Waals surface area contributed by atoms with E-state index < -0.39 is 0 Å². The molecule has 5 rings (SSSR count). The van der Waals surface area contributed by atoms with Crippen LogP contribution in [0.1, 0.15) is 18.2 Å². The summed E-state index contributed by atoms with van der Waals surface area (Å²) in [4.78, 5) is 15.1. The van der Waals surface area contributed by atoms with Crippen molar-refractivity contribution in [3.05, 3.63) is 90.5 Å². The zero-order valence-electron chi connectivity index (χ0n) is 15.0. The molecule has 2 saturated heterocycles. The van der Waals surface area contributed by atoms with Crippen LogP contribution in [0.15, 0.2) is 84.9 Å². The highest BCUT2D eigenvalue weighted by Gasteiger charge is 2.47. The smallest absolute Gasteiger partial charge is 0.271 e. The lowest BCUT2D eigenvalue weighted by Gasteiger charge is -2.28. The summed E-state index contributed by atoms with van der Waals surface area (Å²) in [7, 11) is 0. The molecule has 2 heterocycles. The third kappa shape index (κ3) is 2.69. The Morgan fingerprint density at radius 3 is 2.04 bits per heavy atom. The number of hydrogen-bond acceptors (Lipinski definition) is 2. The molecule has 134 valence electrons. The predicted octanol–water partition coefficient (Wildman–Crippen LogP) is 4.92. The van der Waals surface area contributed by atoms with Gasteiger partial charge in [0.2, 0.25) is 0 Å². The fourth-order valence-corrected chi connectivity index (χ4v) is 4.10. The Morgan fingerprint density at radius 1 is 0.704 bits per heavy atom. The predicted molar refractivity (Wildman–Crippen MR) is 107 cm³/mol. The number of hydrazine groups is 1. The van der Waals surface area contributed by atoms with Gasteiger partial charge in [-0.05, 0) is 35.2 Å². The Kier molecular flexibility index (Phi) is 3.91. The number of rotatable bonds is 3. The summed E-state index contributed by atoms with van der Waals surface area (Å²) >= 11 is 0. The first-order valence-corrected chi connectivity index (χ1v) is 9.41. The maximum absolute atomic E-state index is 13.1. The van der Waals surface area contributed by atoms with E-state index in [0.717, 1.165) is 36.3 Å². The van der Waals surface area contributed by atoms with Gasteiger partial charge in [0.1, 0.15) is 6.17 Å². The van der Waals surface area contributed by atoms with Gasteiger partial charge in [-0.15, -0.1) is 0 Å². The second-order valence-electron chi connectivity index (χ2n) is 6.99. The lowest BCUT2D eigenvalue weighted by molar-refractivity contribution is 0.0728. The number of carbonyl (C=O) groups excluding carboxylic acids is 1. The largest absolute Gasteiger partial charge is 0.340 e. The van der Waals surface area contributed by atoms with Gasteiger partial charge in [0, 0.05) is 18.8 Å². The highest BCUT2D eigenvalue weighted by molar-refractivity contribution is 5.95. The number of hydrogen-bond donors (Lipinski definition) is 0. The molecule has 3 aromatic rings. The molecule has 0 unspecified atom stereocenters. The highest BCUT2D eigenvalue weighted by atomic mass is 16.2. The van der Waals surface area contributed by atoms with Crippen molar-refractivity contribution in [1.29, 1.82) is 0 Å². The zero-order valence-corrected chi connectivity index (χ0v) is 15.0. The summed E-state index contributed by atoms with van der Waals surface area (Å²) in [5.74, 6) is 0. The molecular formula is C23H21N3O. The lowest BCUT2D eigenvalue weighted by Crippen LogP contribution is -2.32. The van der Waals surface area contributed by atoms with Crippen LogP contribution in [0, 0.1) is 0 Å². The third-order valence-electron chi connectivity index (χ3n) is 5.37. The number of benzene rings is 3. The van der Waals surface area contributed by atoms with Crippen LogP contribution in [0.2, 0.25) is 0 Å². The molecule has 0 spiro atoms. The maximum Gasteiger partial charge on any atom is 0.340 e. The van der Waals surface area contributed by atoms with Crippen molar-refractivity contribution in [1.82, 2.24) is 10.0 Å². The number of anilines is 1. The molecule has 2 amide bonds. The Bertz CT molecular complexity index is 940. The average Bonchev–Trinajstić information content (AvgIpc) is 3.32. The monoisotopic (exact) mass is 355 g/mol. The summed E-state index contributed by atoms with van der Waals surface area (Å²) in [6.45, 7) is 1.70. The van der Waals surface area contributed by atoms with E-state index in [1.807, 2.05) is 46.3 Å². The number of urea groups is 1. The summed E-state index contributed by atoms with van der Waals surface area (Å²) < 4.78 is 0. The van der Waals surface area contributed by atoms with E-state index >= 15 is 0 Å². The van der Waals surface area contributed by atoms with Gasteiger partial charge in [-0.1, -0.05) is 72.8 Å². The molecule has 0 bridgehead atoms. The van der Waals surface area contributed by atoms with E-state index in [1.54, 1.807) is 0 Å². The molecule has 2 aliphatic heterocycles. The molecule has 4 nitrogen and oxygen atoms in total. The van der Waals surface area contributed by atoms with Crippen molar-refractivity contribution in [3.63, 3.8) is 0 Å². The van der Waals surface area contributed by atoms with Crippen molar-refractivity contribution in [2.45, 2.75) is 12.6 Å². The minimum Gasteiger partial charge on any atom is -0.271 e. The van der Waals surface area contributed by atoms with Crippen LogP contribution in [0.4, 0.5) is 10.5 Å². The number of fused-ring (bicyclic) bond motifs is 1. The normalized spacial score (nSPS) is 19.6. The Labute approximate surface area is 159 Å². The van der Waals surface area contributed by atoms with Crippen molar-refractivity contribution >= 4 is 11.7 Å². The van der Waals surface area contributed by atoms with Crippen LogP contribution in [0.3, 0.4) is 0 Å². The third-order valence-corrected chi connectivity index (χ3v) is 5.37. The molecular weight excluding hydrogens is 334 g/mol. The van der Waals surface area contributed by atoms with Gasteiger partial charge in [-0.2, -0.15) is 5.01 Å². The summed E-state index contributed by atoms with van der Waals surface area (Å²) in [5.41, 5.74) is 4.41. The Hall–Kier alpha value is -3.11. The van der Waals surface area contributed by atoms with Crippen LogP contribution in [-0.4, -0.2) is 29.1 Å². The van der Waals surface area contributed by atoms with Crippen LogP contribution in [0.25, 0.3) is 11.1 Å². The molecule has 27 heavy (non-hydrogen) atoms. The Morgan fingerprint density at radius 2 is 1.33 bits per heavy atom. The molecule has 2 fully saturated rings. The summed E-state index contributed by atoms with van der Waals surface area (Å²) in [6.07, 6.45) is 0.944. The first kappa shape index (κ1) is 16.1. The summed E-state index contributed by atoms with van der Waals surface area (Å²) in [5, 5.41) is 4.09. The second-order valence-corrected chi connectivity index (χ2v) is 6.99. The highest BCUT2D eigenvalue weighted by Crippen LogP contribution is 2.40. The molecule has 2 aliphatic rings. The molecule has 0 N–H and O–H groups in total. The molecule has 0 aliphatic carbocycles. The fraction of sp³-hybridized carbons (Fsp3) is 0.174. The number of carbonyl (C=O) groups is 1. The molecule has 0 aromatic heterocycles. The Balaban J connectivity index is 1.53. The standard InChI is InChI=1S/C23H21N3O/c27-23-25-17-7-16-24(25)22(20-10-5-2-6-11-20)26(23)21-14-12-19(13-15-21)18-8-3-1-4-9-18/h1-6,8-15,22H,7,16-17H2/t22-/m1/s1. The second kappa shape index (κ2) is 6.56. The quantitative estimate of drug-likeness (QED) is 0.667. The van der Waals surface area contributed by atoms with E-state index in [9.17, 15) is 4.79 Å². The molecule has 4 heteroatoms. The van der Waals surface area contributed by atoms with Crippen LogP contribution in [0.5, 0.6) is 0 Å². The SMILES string of the molecule is O=C1N(c2ccc(-c3ccccc3)cc2)[C@H](c2ccccc2)N2CCCN12. The van der Waals surface area contributed by atoms with E-state index in [2.05, 4.69) is 53.5 Å². The van der Waals surface area contributed by atoms with Gasteiger partial charge in [0.05, 0.1) is 0 Å². The van der Waals surface area contributed by atoms with E-state index in [4.69, 9.17) is 0 Å². The van der Waals surface area contributed by atoms with E-state index in [0.29, 0.717) is 0 Å².